The van der Waals surface area contributed by atoms with E-state index < -0.39 is 12.0 Å². The van der Waals surface area contributed by atoms with Crippen molar-refractivity contribution in [3.05, 3.63) is 50.4 Å². The van der Waals surface area contributed by atoms with Crippen LogP contribution in [0.15, 0.2) is 39.9 Å². The van der Waals surface area contributed by atoms with E-state index in [1.807, 2.05) is 0 Å². The van der Waals surface area contributed by atoms with E-state index in [0.717, 1.165) is 0 Å². The van der Waals surface area contributed by atoms with Crippen LogP contribution in [0.5, 0.6) is 17.2 Å². The molecule has 0 aliphatic rings. The highest BCUT2D eigenvalue weighted by Crippen LogP contribution is 2.34. The molecular weight excluding hydrogens is 447 g/mol. The second kappa shape index (κ2) is 9.12. The van der Waals surface area contributed by atoms with Crippen molar-refractivity contribution in [1.82, 2.24) is 5.43 Å². The molecule has 2 rings (SSSR count). The van der Waals surface area contributed by atoms with Crippen LogP contribution in [0.25, 0.3) is 0 Å². The number of carbonyl (C=O) groups is 1. The van der Waals surface area contributed by atoms with Crippen molar-refractivity contribution in [1.29, 1.82) is 0 Å². The predicted molar refractivity (Wildman–Crippen MR) is 105 cm³/mol. The molecule has 0 spiro atoms. The van der Waals surface area contributed by atoms with E-state index in [9.17, 15) is 9.90 Å². The van der Waals surface area contributed by atoms with Crippen molar-refractivity contribution in [3.63, 3.8) is 0 Å². The lowest BCUT2D eigenvalue weighted by atomic mass is 10.2. The molecule has 26 heavy (non-hydrogen) atoms. The van der Waals surface area contributed by atoms with Crippen LogP contribution >= 0.6 is 39.1 Å². The molecule has 0 saturated heterocycles. The first-order valence-electron chi connectivity index (χ1n) is 7.33. The molecule has 2 aromatic rings. The van der Waals surface area contributed by atoms with E-state index in [0.29, 0.717) is 25.8 Å². The molecule has 0 fully saturated rings. The van der Waals surface area contributed by atoms with E-state index in [2.05, 4.69) is 26.5 Å². The molecule has 138 valence electrons. The largest absolute Gasteiger partial charge is 0.503 e. The first-order chi connectivity index (χ1) is 12.3. The lowest BCUT2D eigenvalue weighted by Gasteiger charge is -2.14. The summed E-state index contributed by atoms with van der Waals surface area (Å²) in [5.41, 5.74) is 2.98. The Balaban J connectivity index is 1.99. The maximum atomic E-state index is 12.1. The van der Waals surface area contributed by atoms with Crippen LogP contribution in [-0.4, -0.2) is 30.4 Å². The molecule has 0 radical (unpaired) electrons. The number of nitrogens with zero attached hydrogens (tertiary/aromatic N) is 1. The average Bonchev–Trinajstić information content (AvgIpc) is 2.60. The second-order valence-electron chi connectivity index (χ2n) is 5.12. The van der Waals surface area contributed by atoms with Gasteiger partial charge in [-0.25, -0.2) is 5.43 Å². The lowest BCUT2D eigenvalue weighted by Crippen LogP contribution is -2.33. The lowest BCUT2D eigenvalue weighted by molar-refractivity contribution is -0.127. The van der Waals surface area contributed by atoms with Crippen molar-refractivity contribution >= 4 is 51.3 Å². The minimum Gasteiger partial charge on any atom is -0.503 e. The van der Waals surface area contributed by atoms with Crippen molar-refractivity contribution in [2.24, 2.45) is 5.10 Å². The molecule has 0 aromatic heterocycles. The third-order valence-electron chi connectivity index (χ3n) is 3.23. The fourth-order valence-electron chi connectivity index (χ4n) is 1.90. The standard InChI is InChI=1S/C17H15BrCl2N2O4/c1-9(26-14-4-3-11(19)7-13(14)20)17(24)22-21-8-10-5-12(18)16(23)15(6-10)25-2/h3-9,23H,1-2H3,(H,22,24)/b21-8+. The highest BCUT2D eigenvalue weighted by atomic mass is 79.9. The normalized spacial score (nSPS) is 12.0. The minimum atomic E-state index is -0.827. The second-order valence-corrected chi connectivity index (χ2v) is 6.82. The number of aromatic hydroxyl groups is 1. The number of carbonyl (C=O) groups excluding carboxylic acids is 1. The number of phenols is 1. The summed E-state index contributed by atoms with van der Waals surface area (Å²) in [6.07, 6.45) is 0.582. The number of benzene rings is 2. The fraction of sp³-hybridized carbons (Fsp3) is 0.176. The Morgan fingerprint density at radius 1 is 1.31 bits per heavy atom. The number of amides is 1. The third-order valence-corrected chi connectivity index (χ3v) is 4.36. The number of ether oxygens (including phenoxy) is 2. The molecule has 2 aromatic carbocycles. The Morgan fingerprint density at radius 2 is 2.04 bits per heavy atom. The van der Waals surface area contributed by atoms with Crippen molar-refractivity contribution in [3.8, 4) is 17.2 Å². The van der Waals surface area contributed by atoms with Gasteiger partial charge in [-0.05, 0) is 58.7 Å². The first kappa shape index (κ1) is 20.4. The van der Waals surface area contributed by atoms with Gasteiger partial charge in [-0.2, -0.15) is 5.10 Å². The maximum absolute atomic E-state index is 12.1. The fourth-order valence-corrected chi connectivity index (χ4v) is 2.81. The van der Waals surface area contributed by atoms with E-state index in [1.165, 1.54) is 19.4 Å². The number of rotatable bonds is 6. The smallest absolute Gasteiger partial charge is 0.280 e. The molecule has 1 amide bonds. The van der Waals surface area contributed by atoms with Crippen LogP contribution in [0.2, 0.25) is 10.0 Å². The number of phenolic OH excluding ortho intramolecular Hbond substituents is 1. The Kier molecular flexibility index (Phi) is 7.14. The van der Waals surface area contributed by atoms with Gasteiger partial charge in [0.15, 0.2) is 17.6 Å². The highest BCUT2D eigenvalue weighted by molar-refractivity contribution is 9.10. The van der Waals surface area contributed by atoms with Gasteiger partial charge in [0.1, 0.15) is 5.75 Å². The number of hydrogen-bond acceptors (Lipinski definition) is 5. The topological polar surface area (TPSA) is 80.2 Å². The number of hydrogen-bond donors (Lipinski definition) is 2. The number of methoxy groups -OCH3 is 1. The van der Waals surface area contributed by atoms with Crippen LogP contribution in [-0.2, 0) is 4.79 Å². The number of hydrazone groups is 1. The van der Waals surface area contributed by atoms with E-state index in [1.54, 1.807) is 31.2 Å². The van der Waals surface area contributed by atoms with Crippen molar-refractivity contribution in [2.75, 3.05) is 7.11 Å². The zero-order chi connectivity index (χ0) is 19.3. The summed E-state index contributed by atoms with van der Waals surface area (Å²) in [5.74, 6) is 0.142. The Hall–Kier alpha value is -1.96. The predicted octanol–water partition coefficient (Wildman–Crippen LogP) is 4.39. The molecule has 1 unspecified atom stereocenters. The summed E-state index contributed by atoms with van der Waals surface area (Å²) < 4.78 is 11.0. The molecular formula is C17H15BrCl2N2O4. The molecule has 1 atom stereocenters. The summed E-state index contributed by atoms with van der Waals surface area (Å²) in [5, 5.41) is 14.4. The minimum absolute atomic E-state index is 0.0180. The average molecular weight is 462 g/mol. The van der Waals surface area contributed by atoms with E-state index >= 15 is 0 Å². The molecule has 2 N–H and O–H groups in total. The van der Waals surface area contributed by atoms with E-state index in [4.69, 9.17) is 32.7 Å². The summed E-state index contributed by atoms with van der Waals surface area (Å²) in [6, 6.07) is 7.92. The molecule has 9 heteroatoms. The van der Waals surface area contributed by atoms with Gasteiger partial charge in [0.2, 0.25) is 0 Å². The number of nitrogens with one attached hydrogen (secondary N) is 1. The van der Waals surface area contributed by atoms with Crippen molar-refractivity contribution in [2.45, 2.75) is 13.0 Å². The van der Waals surface area contributed by atoms with Gasteiger partial charge < -0.3 is 14.6 Å². The molecule has 0 bridgehead atoms. The van der Waals surface area contributed by atoms with Gasteiger partial charge in [-0.3, -0.25) is 4.79 Å². The summed E-state index contributed by atoms with van der Waals surface area (Å²) in [7, 11) is 1.44. The van der Waals surface area contributed by atoms with Crippen LogP contribution in [0.1, 0.15) is 12.5 Å². The Morgan fingerprint density at radius 3 is 2.69 bits per heavy atom. The summed E-state index contributed by atoms with van der Waals surface area (Å²) >= 11 is 15.0. The van der Waals surface area contributed by atoms with Gasteiger partial charge in [0.05, 0.1) is 22.8 Å². The first-order valence-corrected chi connectivity index (χ1v) is 8.88. The van der Waals surface area contributed by atoms with Crippen LogP contribution in [0, 0.1) is 0 Å². The van der Waals surface area contributed by atoms with Gasteiger partial charge in [-0.15, -0.1) is 0 Å². The SMILES string of the molecule is COc1cc(/C=N/NC(=O)C(C)Oc2ccc(Cl)cc2Cl)cc(Br)c1O. The molecule has 0 aliphatic heterocycles. The summed E-state index contributed by atoms with van der Waals surface area (Å²) in [6.45, 7) is 1.57. The Labute approximate surface area is 168 Å². The molecule has 6 nitrogen and oxygen atoms in total. The van der Waals surface area contributed by atoms with E-state index in [-0.39, 0.29) is 11.5 Å². The Bertz CT molecular complexity index is 846. The molecule has 0 heterocycles. The van der Waals surface area contributed by atoms with Gasteiger partial charge in [-0.1, -0.05) is 23.2 Å². The zero-order valence-electron chi connectivity index (χ0n) is 13.8. The zero-order valence-corrected chi connectivity index (χ0v) is 16.9. The van der Waals surface area contributed by atoms with Gasteiger partial charge >= 0.3 is 0 Å². The maximum Gasteiger partial charge on any atom is 0.280 e. The monoisotopic (exact) mass is 460 g/mol. The van der Waals surface area contributed by atoms with Gasteiger partial charge in [0, 0.05) is 5.02 Å². The molecule has 0 aliphatic carbocycles. The van der Waals surface area contributed by atoms with Crippen molar-refractivity contribution < 1.29 is 19.4 Å². The van der Waals surface area contributed by atoms with Crippen LogP contribution in [0.4, 0.5) is 0 Å². The summed E-state index contributed by atoms with van der Waals surface area (Å²) in [4.78, 5) is 12.1. The number of halogens is 3. The van der Waals surface area contributed by atoms with Crippen LogP contribution in [0.3, 0.4) is 0 Å². The quantitative estimate of drug-likeness (QED) is 0.493. The van der Waals surface area contributed by atoms with Crippen LogP contribution < -0.4 is 14.9 Å². The molecule has 0 saturated carbocycles. The highest BCUT2D eigenvalue weighted by Gasteiger charge is 2.16. The third kappa shape index (κ3) is 5.27. The van der Waals surface area contributed by atoms with Gasteiger partial charge in [0.25, 0.3) is 5.91 Å².